The maximum absolute atomic E-state index is 9.42. The summed E-state index contributed by atoms with van der Waals surface area (Å²) in [7, 11) is 0. The van der Waals surface area contributed by atoms with Gasteiger partial charge in [0.15, 0.2) is 0 Å². The lowest BCUT2D eigenvalue weighted by atomic mass is 9.99. The topological polar surface area (TPSA) is 46.2 Å². The van der Waals surface area contributed by atoms with Crippen molar-refractivity contribution in [2.45, 2.75) is 26.7 Å². The Morgan fingerprint density at radius 3 is 2.42 bits per heavy atom. The monoisotopic (exact) mass is 165 g/mol. The number of aromatic hydroxyl groups is 1. The molecule has 2 nitrogen and oxygen atoms in total. The summed E-state index contributed by atoms with van der Waals surface area (Å²) in [5, 5.41) is 9.42. The van der Waals surface area contributed by atoms with Gasteiger partial charge in [0.1, 0.15) is 5.75 Å². The van der Waals surface area contributed by atoms with Gasteiger partial charge in [0.25, 0.3) is 0 Å². The van der Waals surface area contributed by atoms with E-state index in [2.05, 4.69) is 13.8 Å². The van der Waals surface area contributed by atoms with Crippen molar-refractivity contribution >= 4 is 5.69 Å². The van der Waals surface area contributed by atoms with E-state index in [1.807, 2.05) is 13.0 Å². The minimum absolute atomic E-state index is 0.327. The second-order valence-electron chi connectivity index (χ2n) is 3.42. The Labute approximate surface area is 73.0 Å². The van der Waals surface area contributed by atoms with Crippen LogP contribution in [0.3, 0.4) is 0 Å². The van der Waals surface area contributed by atoms with E-state index in [0.717, 1.165) is 16.8 Å². The third-order valence-electron chi connectivity index (χ3n) is 2.02. The molecule has 0 aromatic heterocycles. The summed E-state index contributed by atoms with van der Waals surface area (Å²) in [4.78, 5) is 0. The smallest absolute Gasteiger partial charge is 0.118 e. The molecule has 0 atom stereocenters. The van der Waals surface area contributed by atoms with Gasteiger partial charge in [0.2, 0.25) is 0 Å². The summed E-state index contributed by atoms with van der Waals surface area (Å²) in [5.74, 6) is 0.685. The highest BCUT2D eigenvalue weighted by molar-refractivity contribution is 5.55. The molecule has 0 spiro atoms. The van der Waals surface area contributed by atoms with E-state index in [9.17, 15) is 5.11 Å². The van der Waals surface area contributed by atoms with Gasteiger partial charge >= 0.3 is 0 Å². The molecule has 66 valence electrons. The van der Waals surface area contributed by atoms with Gasteiger partial charge in [-0.15, -0.1) is 0 Å². The molecule has 0 amide bonds. The van der Waals surface area contributed by atoms with Crippen LogP contribution in [-0.4, -0.2) is 5.11 Å². The van der Waals surface area contributed by atoms with Crippen LogP contribution >= 0.6 is 0 Å². The van der Waals surface area contributed by atoms with Gasteiger partial charge in [-0.2, -0.15) is 0 Å². The fraction of sp³-hybridized carbons (Fsp3) is 0.400. The van der Waals surface area contributed by atoms with Crippen molar-refractivity contribution in [2.75, 3.05) is 5.73 Å². The number of anilines is 1. The Hall–Kier alpha value is -1.18. The van der Waals surface area contributed by atoms with E-state index in [-0.39, 0.29) is 0 Å². The van der Waals surface area contributed by atoms with Gasteiger partial charge in [-0.05, 0) is 36.1 Å². The van der Waals surface area contributed by atoms with Gasteiger partial charge in [0.05, 0.1) is 0 Å². The number of nitrogen functional groups attached to an aromatic ring is 1. The highest BCUT2D eigenvalue weighted by atomic mass is 16.3. The molecule has 0 aliphatic rings. The van der Waals surface area contributed by atoms with E-state index >= 15 is 0 Å². The molecule has 0 saturated heterocycles. The normalized spacial score (nSPS) is 10.7. The fourth-order valence-corrected chi connectivity index (χ4v) is 1.23. The van der Waals surface area contributed by atoms with Crippen molar-refractivity contribution in [3.63, 3.8) is 0 Å². The zero-order valence-corrected chi connectivity index (χ0v) is 7.76. The SMILES string of the molecule is Cc1cc(N)c(C(C)C)cc1O. The number of hydrogen-bond acceptors (Lipinski definition) is 2. The molecule has 0 unspecified atom stereocenters. The molecule has 0 aliphatic heterocycles. The van der Waals surface area contributed by atoms with Gasteiger partial charge in [-0.1, -0.05) is 13.8 Å². The number of aryl methyl sites for hydroxylation is 1. The summed E-state index contributed by atoms with van der Waals surface area (Å²) < 4.78 is 0. The van der Waals surface area contributed by atoms with Gasteiger partial charge < -0.3 is 10.8 Å². The first-order valence-electron chi connectivity index (χ1n) is 4.11. The average Bonchev–Trinajstić information content (AvgIpc) is 1.96. The van der Waals surface area contributed by atoms with Crippen LogP contribution in [0.4, 0.5) is 5.69 Å². The predicted octanol–water partition coefficient (Wildman–Crippen LogP) is 2.41. The largest absolute Gasteiger partial charge is 0.508 e. The Morgan fingerprint density at radius 2 is 1.92 bits per heavy atom. The van der Waals surface area contributed by atoms with Crippen LogP contribution in [0, 0.1) is 6.92 Å². The molecule has 12 heavy (non-hydrogen) atoms. The number of benzene rings is 1. The molecule has 0 aliphatic carbocycles. The minimum atomic E-state index is 0.327. The van der Waals surface area contributed by atoms with Crippen LogP contribution < -0.4 is 5.73 Å². The van der Waals surface area contributed by atoms with E-state index in [0.29, 0.717) is 11.7 Å². The van der Waals surface area contributed by atoms with Crippen LogP contribution in [0.25, 0.3) is 0 Å². The summed E-state index contributed by atoms with van der Waals surface area (Å²) in [6.45, 7) is 5.96. The number of phenols is 1. The summed E-state index contributed by atoms with van der Waals surface area (Å²) in [5.41, 5.74) is 8.39. The first kappa shape index (κ1) is 8.91. The minimum Gasteiger partial charge on any atom is -0.508 e. The Kier molecular flexibility index (Phi) is 2.27. The lowest BCUT2D eigenvalue weighted by molar-refractivity contribution is 0.470. The Morgan fingerprint density at radius 1 is 1.33 bits per heavy atom. The van der Waals surface area contributed by atoms with E-state index in [1.54, 1.807) is 6.07 Å². The van der Waals surface area contributed by atoms with E-state index in [4.69, 9.17) is 5.73 Å². The second kappa shape index (κ2) is 3.05. The van der Waals surface area contributed by atoms with Crippen LogP contribution in [-0.2, 0) is 0 Å². The number of rotatable bonds is 1. The first-order valence-corrected chi connectivity index (χ1v) is 4.11. The summed E-state index contributed by atoms with van der Waals surface area (Å²) in [6.07, 6.45) is 0. The molecular weight excluding hydrogens is 150 g/mol. The molecule has 0 radical (unpaired) electrons. The van der Waals surface area contributed by atoms with Crippen molar-refractivity contribution in [2.24, 2.45) is 0 Å². The maximum atomic E-state index is 9.42. The van der Waals surface area contributed by atoms with Gasteiger partial charge in [-0.25, -0.2) is 0 Å². The number of nitrogens with two attached hydrogens (primary N) is 1. The van der Waals surface area contributed by atoms with E-state index < -0.39 is 0 Å². The summed E-state index contributed by atoms with van der Waals surface area (Å²) in [6, 6.07) is 3.56. The lowest BCUT2D eigenvalue weighted by Gasteiger charge is -2.11. The van der Waals surface area contributed by atoms with Crippen molar-refractivity contribution in [3.05, 3.63) is 23.3 Å². The molecule has 1 rings (SSSR count). The average molecular weight is 165 g/mol. The third-order valence-corrected chi connectivity index (χ3v) is 2.02. The maximum Gasteiger partial charge on any atom is 0.118 e. The molecule has 0 saturated carbocycles. The van der Waals surface area contributed by atoms with E-state index in [1.165, 1.54) is 0 Å². The highest BCUT2D eigenvalue weighted by Crippen LogP contribution is 2.28. The van der Waals surface area contributed by atoms with Crippen LogP contribution in [0.2, 0.25) is 0 Å². The zero-order chi connectivity index (χ0) is 9.30. The van der Waals surface area contributed by atoms with Gasteiger partial charge in [0, 0.05) is 5.69 Å². The third kappa shape index (κ3) is 1.52. The highest BCUT2D eigenvalue weighted by Gasteiger charge is 2.06. The molecule has 0 heterocycles. The fourth-order valence-electron chi connectivity index (χ4n) is 1.23. The van der Waals surface area contributed by atoms with Crippen molar-refractivity contribution < 1.29 is 5.11 Å². The predicted molar refractivity (Wildman–Crippen MR) is 51.3 cm³/mol. The van der Waals surface area contributed by atoms with Crippen molar-refractivity contribution in [1.29, 1.82) is 0 Å². The van der Waals surface area contributed by atoms with Crippen LogP contribution in [0.1, 0.15) is 30.9 Å². The molecule has 0 fully saturated rings. The van der Waals surface area contributed by atoms with Crippen molar-refractivity contribution in [1.82, 2.24) is 0 Å². The molecule has 1 aromatic rings. The summed E-state index contributed by atoms with van der Waals surface area (Å²) >= 11 is 0. The Balaban J connectivity index is 3.23. The molecule has 1 aromatic carbocycles. The molecule has 2 heteroatoms. The molecule has 0 bridgehead atoms. The molecule has 3 N–H and O–H groups in total. The van der Waals surface area contributed by atoms with Crippen LogP contribution in [0.15, 0.2) is 12.1 Å². The first-order chi connectivity index (χ1) is 5.52. The van der Waals surface area contributed by atoms with Gasteiger partial charge in [-0.3, -0.25) is 0 Å². The zero-order valence-electron chi connectivity index (χ0n) is 7.76. The Bertz CT molecular complexity index is 292. The lowest BCUT2D eigenvalue weighted by Crippen LogP contribution is -1.96. The van der Waals surface area contributed by atoms with Crippen LogP contribution in [0.5, 0.6) is 5.75 Å². The molecular formula is C10H15NO. The quantitative estimate of drug-likeness (QED) is 0.496. The second-order valence-corrected chi connectivity index (χ2v) is 3.42. The standard InChI is InChI=1S/C10H15NO/c1-6(2)8-5-10(12)7(3)4-9(8)11/h4-6,12H,11H2,1-3H3. The number of phenolic OH excluding ortho intramolecular Hbond substituents is 1. The van der Waals surface area contributed by atoms with Crippen molar-refractivity contribution in [3.8, 4) is 5.75 Å². The number of hydrogen-bond donors (Lipinski definition) is 2.